The molecule has 1 amide bonds. The second-order valence-corrected chi connectivity index (χ2v) is 25.3. The van der Waals surface area contributed by atoms with E-state index in [9.17, 15) is 19.8 Å². The van der Waals surface area contributed by atoms with Gasteiger partial charge in [0.1, 0.15) is 0 Å². The van der Waals surface area contributed by atoms with Crippen LogP contribution >= 0.6 is 0 Å². The molecule has 0 aromatic rings. The summed E-state index contributed by atoms with van der Waals surface area (Å²) in [5, 5.41) is 23.4. The van der Waals surface area contributed by atoms with Crippen molar-refractivity contribution in [3.63, 3.8) is 0 Å². The molecule has 79 heavy (non-hydrogen) atoms. The maximum absolute atomic E-state index is 12.5. The first-order chi connectivity index (χ1) is 39.0. The fourth-order valence-electron chi connectivity index (χ4n) is 11.8. The molecular weight excluding hydrogens is 971 g/mol. The maximum atomic E-state index is 12.5. The smallest absolute Gasteiger partial charge is 0.305 e. The van der Waals surface area contributed by atoms with Crippen molar-refractivity contribution in [1.29, 1.82) is 0 Å². The number of carbonyl (C=O) groups is 2. The highest BCUT2D eigenvalue weighted by Gasteiger charge is 2.20. The van der Waals surface area contributed by atoms with Crippen LogP contribution in [-0.4, -0.2) is 47.4 Å². The number of rotatable bonds is 69. The van der Waals surface area contributed by atoms with Crippen molar-refractivity contribution in [2.24, 2.45) is 0 Å². The first kappa shape index (κ1) is 77.6. The van der Waals surface area contributed by atoms with Crippen LogP contribution in [0.3, 0.4) is 0 Å². The summed E-state index contributed by atoms with van der Waals surface area (Å²) < 4.78 is 5.49. The molecule has 0 spiro atoms. The van der Waals surface area contributed by atoms with Crippen LogP contribution in [0.1, 0.15) is 418 Å². The van der Waals surface area contributed by atoms with Gasteiger partial charge in [0.2, 0.25) is 5.91 Å². The van der Waals surface area contributed by atoms with Gasteiger partial charge in [0.15, 0.2) is 0 Å². The lowest BCUT2D eigenvalue weighted by Gasteiger charge is -2.22. The van der Waals surface area contributed by atoms with E-state index in [1.54, 1.807) is 0 Å². The summed E-state index contributed by atoms with van der Waals surface area (Å²) in [6.45, 7) is 4.99. The molecule has 0 bridgehead atoms. The SMILES string of the molecule is CCCCCCC/C=C\CCCCCCCC(=O)OCCCCCCCCCCCCCCCCCCCCCCCCCCCCCCC(=O)NC(CO)C(O)CCCCCCCCCCCCCCCCCCCCCC. The Labute approximate surface area is 495 Å². The summed E-state index contributed by atoms with van der Waals surface area (Å²) in [6, 6.07) is -0.539. The molecule has 2 unspecified atom stereocenters. The van der Waals surface area contributed by atoms with E-state index in [0.717, 1.165) is 44.9 Å². The van der Waals surface area contributed by atoms with Gasteiger partial charge in [0.25, 0.3) is 0 Å². The Morgan fingerprint density at radius 2 is 0.595 bits per heavy atom. The van der Waals surface area contributed by atoms with E-state index >= 15 is 0 Å². The lowest BCUT2D eigenvalue weighted by Crippen LogP contribution is -2.45. The maximum Gasteiger partial charge on any atom is 0.305 e. The molecule has 0 rings (SSSR count). The van der Waals surface area contributed by atoms with Crippen molar-refractivity contribution >= 4 is 11.9 Å². The Morgan fingerprint density at radius 3 is 0.899 bits per heavy atom. The predicted octanol–water partition coefficient (Wildman–Crippen LogP) is 23.5. The molecule has 0 aliphatic carbocycles. The Balaban J connectivity index is 3.34. The number of esters is 1. The Bertz CT molecular complexity index is 1190. The van der Waals surface area contributed by atoms with E-state index < -0.39 is 12.1 Å². The van der Waals surface area contributed by atoms with Crippen molar-refractivity contribution < 1.29 is 24.5 Å². The molecule has 6 heteroatoms. The second-order valence-electron chi connectivity index (χ2n) is 25.3. The summed E-state index contributed by atoms with van der Waals surface area (Å²) >= 11 is 0. The van der Waals surface area contributed by atoms with Gasteiger partial charge >= 0.3 is 5.97 Å². The monoisotopic (exact) mass is 1110 g/mol. The predicted molar refractivity (Wildman–Crippen MR) is 347 cm³/mol. The highest BCUT2D eigenvalue weighted by Crippen LogP contribution is 2.20. The number of hydrogen-bond acceptors (Lipinski definition) is 5. The van der Waals surface area contributed by atoms with Crippen molar-refractivity contribution in [3.8, 4) is 0 Å². The van der Waals surface area contributed by atoms with Crippen LogP contribution in [0.25, 0.3) is 0 Å². The number of aliphatic hydroxyl groups excluding tert-OH is 2. The average molecular weight is 1110 g/mol. The molecule has 0 aromatic carbocycles. The summed E-state index contributed by atoms with van der Waals surface area (Å²) in [5.41, 5.74) is 0. The number of allylic oxidation sites excluding steroid dienone is 2. The number of ether oxygens (including phenoxy) is 1. The molecule has 470 valence electrons. The number of aliphatic hydroxyl groups is 2. The molecule has 2 atom stereocenters. The van der Waals surface area contributed by atoms with Gasteiger partial charge in [-0.2, -0.15) is 0 Å². The fourth-order valence-corrected chi connectivity index (χ4v) is 11.8. The third-order valence-corrected chi connectivity index (χ3v) is 17.3. The summed E-state index contributed by atoms with van der Waals surface area (Å²) in [4.78, 5) is 24.6. The quantitative estimate of drug-likeness (QED) is 0.0320. The van der Waals surface area contributed by atoms with Crippen LogP contribution in [0, 0.1) is 0 Å². The van der Waals surface area contributed by atoms with Gasteiger partial charge in [0, 0.05) is 12.8 Å². The largest absolute Gasteiger partial charge is 0.466 e. The van der Waals surface area contributed by atoms with Crippen molar-refractivity contribution in [2.45, 2.75) is 431 Å². The molecular formula is C73H143NO5. The van der Waals surface area contributed by atoms with Crippen LogP contribution in [-0.2, 0) is 14.3 Å². The van der Waals surface area contributed by atoms with Crippen LogP contribution in [0.4, 0.5) is 0 Å². The third kappa shape index (κ3) is 65.6. The van der Waals surface area contributed by atoms with Crippen molar-refractivity contribution in [1.82, 2.24) is 5.32 Å². The first-order valence-corrected chi connectivity index (χ1v) is 36.4. The zero-order valence-electron chi connectivity index (χ0n) is 53.9. The van der Waals surface area contributed by atoms with Gasteiger partial charge in [-0.15, -0.1) is 0 Å². The van der Waals surface area contributed by atoms with Gasteiger partial charge in [-0.1, -0.05) is 366 Å². The Hall–Kier alpha value is -1.40. The molecule has 0 heterocycles. The molecule has 0 saturated carbocycles. The van der Waals surface area contributed by atoms with Gasteiger partial charge in [-0.05, 0) is 51.4 Å². The summed E-state index contributed by atoms with van der Waals surface area (Å²) in [7, 11) is 0. The number of hydrogen-bond donors (Lipinski definition) is 3. The normalized spacial score (nSPS) is 12.5. The molecule has 0 saturated heterocycles. The van der Waals surface area contributed by atoms with E-state index in [-0.39, 0.29) is 18.5 Å². The minimum absolute atomic E-state index is 0.0113. The minimum Gasteiger partial charge on any atom is -0.466 e. The zero-order chi connectivity index (χ0) is 57.1. The zero-order valence-corrected chi connectivity index (χ0v) is 53.9. The molecule has 0 aliphatic heterocycles. The van der Waals surface area contributed by atoms with Gasteiger partial charge < -0.3 is 20.3 Å². The highest BCUT2D eigenvalue weighted by molar-refractivity contribution is 5.76. The van der Waals surface area contributed by atoms with Crippen LogP contribution in [0.5, 0.6) is 0 Å². The third-order valence-electron chi connectivity index (χ3n) is 17.3. The number of carbonyl (C=O) groups excluding carboxylic acids is 2. The van der Waals surface area contributed by atoms with Crippen molar-refractivity contribution in [2.75, 3.05) is 13.2 Å². The van der Waals surface area contributed by atoms with Gasteiger partial charge in [-0.25, -0.2) is 0 Å². The highest BCUT2D eigenvalue weighted by atomic mass is 16.5. The fraction of sp³-hybridized carbons (Fsp3) is 0.945. The van der Waals surface area contributed by atoms with E-state index in [2.05, 4.69) is 31.3 Å². The number of amides is 1. The minimum atomic E-state index is -0.662. The lowest BCUT2D eigenvalue weighted by molar-refractivity contribution is -0.143. The molecule has 0 radical (unpaired) electrons. The Kier molecular flexibility index (Phi) is 67.9. The van der Waals surface area contributed by atoms with Crippen LogP contribution < -0.4 is 5.32 Å². The van der Waals surface area contributed by atoms with Crippen LogP contribution in [0.15, 0.2) is 12.2 Å². The topological polar surface area (TPSA) is 95.9 Å². The van der Waals surface area contributed by atoms with E-state index in [4.69, 9.17) is 4.74 Å². The molecule has 0 fully saturated rings. The number of nitrogens with one attached hydrogen (secondary N) is 1. The molecule has 0 aromatic heterocycles. The first-order valence-electron chi connectivity index (χ1n) is 36.4. The second kappa shape index (κ2) is 69.1. The average Bonchev–Trinajstić information content (AvgIpc) is 3.45. The van der Waals surface area contributed by atoms with Gasteiger partial charge in [0.05, 0.1) is 25.4 Å². The van der Waals surface area contributed by atoms with Crippen molar-refractivity contribution in [3.05, 3.63) is 12.2 Å². The van der Waals surface area contributed by atoms with E-state index in [1.807, 2.05) is 0 Å². The van der Waals surface area contributed by atoms with E-state index in [0.29, 0.717) is 25.9 Å². The molecule has 0 aliphatic rings. The van der Waals surface area contributed by atoms with Gasteiger partial charge in [-0.3, -0.25) is 9.59 Å². The standard InChI is InChI=1S/C73H143NO5/c1-3-5-7-9-11-13-15-17-19-20-21-32-35-38-41-45-49-53-57-61-65-71(76)70(69-75)74-72(77)66-62-58-54-50-46-42-39-36-33-30-28-26-24-22-23-25-27-29-31-34-37-40-44-48-52-56-60-64-68-79-73(78)67-63-59-55-51-47-43-18-16-14-12-10-8-6-4-2/h16,18,70-71,75-76H,3-15,17,19-69H2,1-2H3,(H,74,77)/b18-16-. The Morgan fingerprint density at radius 1 is 0.342 bits per heavy atom. The van der Waals surface area contributed by atoms with E-state index in [1.165, 1.54) is 340 Å². The molecule has 6 nitrogen and oxygen atoms in total. The summed E-state index contributed by atoms with van der Waals surface area (Å²) in [5.74, 6) is -0.0156. The molecule has 3 N–H and O–H groups in total. The number of unbranched alkanes of at least 4 members (excludes halogenated alkanes) is 56. The summed E-state index contributed by atoms with van der Waals surface area (Å²) in [6.07, 6.45) is 85.5. The lowest BCUT2D eigenvalue weighted by atomic mass is 10.0. The van der Waals surface area contributed by atoms with Crippen LogP contribution in [0.2, 0.25) is 0 Å².